The van der Waals surface area contributed by atoms with Gasteiger partial charge in [0.25, 0.3) is 5.91 Å². The van der Waals surface area contributed by atoms with E-state index < -0.39 is 0 Å². The molecule has 0 fully saturated rings. The fourth-order valence-electron chi connectivity index (χ4n) is 2.57. The summed E-state index contributed by atoms with van der Waals surface area (Å²) in [6, 6.07) is 13.0. The number of benzene rings is 1. The second kappa shape index (κ2) is 9.40. The van der Waals surface area contributed by atoms with Gasteiger partial charge in [0, 0.05) is 43.5 Å². The minimum absolute atomic E-state index is 0.0829. The van der Waals surface area contributed by atoms with Crippen LogP contribution >= 0.6 is 0 Å². The first-order chi connectivity index (χ1) is 13.3. The number of carbonyl (C=O) groups is 1. The Morgan fingerprint density at radius 1 is 1.11 bits per heavy atom. The third-order valence-corrected chi connectivity index (χ3v) is 3.88. The van der Waals surface area contributed by atoms with Gasteiger partial charge in [-0.3, -0.25) is 14.8 Å². The number of rotatable bonds is 8. The van der Waals surface area contributed by atoms with Crippen molar-refractivity contribution in [2.45, 2.75) is 6.54 Å². The molecule has 3 rings (SSSR count). The zero-order valence-corrected chi connectivity index (χ0v) is 15.1. The first kappa shape index (κ1) is 18.5. The van der Waals surface area contributed by atoms with Crippen molar-refractivity contribution < 1.29 is 9.53 Å². The van der Waals surface area contributed by atoms with Crippen LogP contribution in [0.4, 0.5) is 11.5 Å². The van der Waals surface area contributed by atoms with Crippen LogP contribution in [0.15, 0.2) is 67.3 Å². The Morgan fingerprint density at radius 2 is 2.04 bits per heavy atom. The summed E-state index contributed by atoms with van der Waals surface area (Å²) in [7, 11) is 1.62. The fraction of sp³-hybridized carbons (Fsp3) is 0.200. The predicted octanol–water partition coefficient (Wildman–Crippen LogP) is 2.90. The Balaban J connectivity index is 1.77. The van der Waals surface area contributed by atoms with Gasteiger partial charge in [-0.25, -0.2) is 4.98 Å². The summed E-state index contributed by atoms with van der Waals surface area (Å²) in [5.74, 6) is 0.535. The molecule has 7 nitrogen and oxygen atoms in total. The molecule has 1 aromatic carbocycles. The quantitative estimate of drug-likeness (QED) is 0.663. The van der Waals surface area contributed by atoms with Crippen LogP contribution in [0.3, 0.4) is 0 Å². The van der Waals surface area contributed by atoms with Gasteiger partial charge in [-0.1, -0.05) is 12.1 Å². The van der Waals surface area contributed by atoms with E-state index in [1.165, 1.54) is 0 Å². The molecule has 0 atom stereocenters. The molecule has 138 valence electrons. The SMILES string of the molecule is COCCN(Cc1ccccn1)C(=O)c1cccc(Nc2cnccn2)c1. The van der Waals surface area contributed by atoms with E-state index in [-0.39, 0.29) is 5.91 Å². The highest BCUT2D eigenvalue weighted by atomic mass is 16.5. The Hall–Kier alpha value is -3.32. The molecule has 0 saturated carbocycles. The number of hydrogen-bond donors (Lipinski definition) is 1. The first-order valence-electron chi connectivity index (χ1n) is 8.57. The van der Waals surface area contributed by atoms with E-state index in [1.54, 1.807) is 48.9 Å². The zero-order chi connectivity index (χ0) is 18.9. The number of anilines is 2. The van der Waals surface area contributed by atoms with Crippen LogP contribution in [0.25, 0.3) is 0 Å². The number of pyridine rings is 1. The highest BCUT2D eigenvalue weighted by Gasteiger charge is 2.17. The van der Waals surface area contributed by atoms with Crippen molar-refractivity contribution in [2.24, 2.45) is 0 Å². The largest absolute Gasteiger partial charge is 0.383 e. The summed E-state index contributed by atoms with van der Waals surface area (Å²) in [6.45, 7) is 1.36. The van der Waals surface area contributed by atoms with Gasteiger partial charge in [-0.05, 0) is 30.3 Å². The maximum atomic E-state index is 13.0. The van der Waals surface area contributed by atoms with E-state index in [2.05, 4.69) is 20.3 Å². The van der Waals surface area contributed by atoms with E-state index in [4.69, 9.17) is 4.74 Å². The van der Waals surface area contributed by atoms with Gasteiger partial charge in [-0.15, -0.1) is 0 Å². The molecule has 0 bridgehead atoms. The van der Waals surface area contributed by atoms with Crippen LogP contribution in [-0.4, -0.2) is 46.0 Å². The van der Waals surface area contributed by atoms with Gasteiger partial charge in [0.15, 0.2) is 0 Å². The highest BCUT2D eigenvalue weighted by molar-refractivity contribution is 5.95. The fourth-order valence-corrected chi connectivity index (χ4v) is 2.57. The molecule has 0 aliphatic rings. The Labute approximate surface area is 158 Å². The second-order valence-electron chi connectivity index (χ2n) is 5.84. The molecule has 27 heavy (non-hydrogen) atoms. The monoisotopic (exact) mass is 363 g/mol. The molecule has 2 heterocycles. The van der Waals surface area contributed by atoms with Crippen LogP contribution in [0.1, 0.15) is 16.1 Å². The van der Waals surface area contributed by atoms with Crippen molar-refractivity contribution in [3.8, 4) is 0 Å². The van der Waals surface area contributed by atoms with Crippen molar-refractivity contribution in [3.63, 3.8) is 0 Å². The zero-order valence-electron chi connectivity index (χ0n) is 15.1. The van der Waals surface area contributed by atoms with Crippen molar-refractivity contribution in [3.05, 3.63) is 78.5 Å². The Bertz CT molecular complexity index is 859. The third-order valence-electron chi connectivity index (χ3n) is 3.88. The molecule has 1 N–H and O–H groups in total. The summed E-state index contributed by atoms with van der Waals surface area (Å²) in [4.78, 5) is 27.3. The normalized spacial score (nSPS) is 10.4. The highest BCUT2D eigenvalue weighted by Crippen LogP contribution is 2.17. The minimum atomic E-state index is -0.0829. The Kier molecular flexibility index (Phi) is 6.43. The molecular weight excluding hydrogens is 342 g/mol. The lowest BCUT2D eigenvalue weighted by atomic mass is 10.1. The van der Waals surface area contributed by atoms with Crippen LogP contribution < -0.4 is 5.32 Å². The average Bonchev–Trinajstić information content (AvgIpc) is 2.72. The molecule has 7 heteroatoms. The molecular formula is C20H21N5O2. The van der Waals surface area contributed by atoms with Crippen LogP contribution in [0.5, 0.6) is 0 Å². The Morgan fingerprint density at radius 3 is 2.78 bits per heavy atom. The maximum absolute atomic E-state index is 13.0. The number of aromatic nitrogens is 3. The lowest BCUT2D eigenvalue weighted by Gasteiger charge is -2.22. The summed E-state index contributed by atoms with van der Waals surface area (Å²) in [5.41, 5.74) is 2.18. The van der Waals surface area contributed by atoms with Gasteiger partial charge >= 0.3 is 0 Å². The van der Waals surface area contributed by atoms with E-state index in [0.29, 0.717) is 31.1 Å². The lowest BCUT2D eigenvalue weighted by Crippen LogP contribution is -2.33. The van der Waals surface area contributed by atoms with Crippen molar-refractivity contribution in [2.75, 3.05) is 25.6 Å². The second-order valence-corrected chi connectivity index (χ2v) is 5.84. The van der Waals surface area contributed by atoms with Crippen molar-refractivity contribution in [1.29, 1.82) is 0 Å². The van der Waals surface area contributed by atoms with E-state index >= 15 is 0 Å². The van der Waals surface area contributed by atoms with Gasteiger partial charge in [0.05, 0.1) is 25.0 Å². The molecule has 0 unspecified atom stereocenters. The number of amides is 1. The van der Waals surface area contributed by atoms with Gasteiger partial charge in [0.2, 0.25) is 0 Å². The van der Waals surface area contributed by atoms with Crippen molar-refractivity contribution in [1.82, 2.24) is 19.9 Å². The molecule has 3 aromatic rings. The van der Waals surface area contributed by atoms with Gasteiger partial charge in [0.1, 0.15) is 5.82 Å². The molecule has 0 radical (unpaired) electrons. The van der Waals surface area contributed by atoms with Crippen molar-refractivity contribution >= 4 is 17.4 Å². The molecule has 0 saturated heterocycles. The van der Waals surface area contributed by atoms with Gasteiger partial charge < -0.3 is 15.0 Å². The molecule has 1 amide bonds. The number of nitrogens with zero attached hydrogens (tertiary/aromatic N) is 4. The lowest BCUT2D eigenvalue weighted by molar-refractivity contribution is 0.0678. The predicted molar refractivity (Wildman–Crippen MR) is 103 cm³/mol. The number of nitrogens with one attached hydrogen (secondary N) is 1. The summed E-state index contributed by atoms with van der Waals surface area (Å²) < 4.78 is 5.16. The number of ether oxygens (including phenoxy) is 1. The number of methoxy groups -OCH3 is 1. The van der Waals surface area contributed by atoms with E-state index in [0.717, 1.165) is 11.4 Å². The number of hydrogen-bond acceptors (Lipinski definition) is 6. The molecule has 0 aliphatic heterocycles. The van der Waals surface area contributed by atoms with Crippen LogP contribution in [0, 0.1) is 0 Å². The molecule has 0 spiro atoms. The van der Waals surface area contributed by atoms with Crippen LogP contribution in [0.2, 0.25) is 0 Å². The maximum Gasteiger partial charge on any atom is 0.254 e. The van der Waals surface area contributed by atoms with Gasteiger partial charge in [-0.2, -0.15) is 0 Å². The molecule has 2 aromatic heterocycles. The summed E-state index contributed by atoms with van der Waals surface area (Å²) in [5, 5.41) is 3.15. The number of carbonyl (C=O) groups excluding carboxylic acids is 1. The third kappa shape index (κ3) is 5.32. The van der Waals surface area contributed by atoms with Crippen LogP contribution in [-0.2, 0) is 11.3 Å². The van der Waals surface area contributed by atoms with E-state index in [1.807, 2.05) is 30.3 Å². The first-order valence-corrected chi connectivity index (χ1v) is 8.57. The standard InChI is InChI=1S/C20H21N5O2/c1-27-12-11-25(15-18-6-2-3-8-22-18)20(26)16-5-4-7-17(13-16)24-19-14-21-9-10-23-19/h2-10,13-14H,11-12,15H2,1H3,(H,23,24). The summed E-state index contributed by atoms with van der Waals surface area (Å²) in [6.07, 6.45) is 6.56. The smallest absolute Gasteiger partial charge is 0.254 e. The topological polar surface area (TPSA) is 80.2 Å². The minimum Gasteiger partial charge on any atom is -0.383 e. The van der Waals surface area contributed by atoms with E-state index in [9.17, 15) is 4.79 Å². The average molecular weight is 363 g/mol. The molecule has 0 aliphatic carbocycles. The summed E-state index contributed by atoms with van der Waals surface area (Å²) >= 11 is 0.